The summed E-state index contributed by atoms with van der Waals surface area (Å²) < 4.78 is 26.0. The van der Waals surface area contributed by atoms with E-state index < -0.39 is 23.2 Å². The smallest absolute Gasteiger partial charge is 0.257 e. The van der Waals surface area contributed by atoms with E-state index in [1.54, 1.807) is 13.0 Å². The van der Waals surface area contributed by atoms with Crippen LogP contribution >= 0.6 is 0 Å². The van der Waals surface area contributed by atoms with Gasteiger partial charge in [0.1, 0.15) is 6.54 Å². The lowest BCUT2D eigenvalue weighted by Gasteiger charge is -2.17. The maximum absolute atomic E-state index is 13.2. The molecule has 1 aromatic rings. The molecule has 0 atom stereocenters. The highest BCUT2D eigenvalue weighted by Gasteiger charge is 2.20. The van der Waals surface area contributed by atoms with Crippen molar-refractivity contribution in [2.75, 3.05) is 13.1 Å². The van der Waals surface area contributed by atoms with Crippen molar-refractivity contribution in [1.29, 1.82) is 5.26 Å². The first-order valence-electron chi connectivity index (χ1n) is 4.58. The molecule has 1 rings (SSSR count). The quantitative estimate of drug-likeness (QED) is 0.576. The molecule has 16 heavy (non-hydrogen) atoms. The lowest BCUT2D eigenvalue weighted by atomic mass is 10.2. The number of nitriles is 1. The molecule has 0 spiro atoms. The summed E-state index contributed by atoms with van der Waals surface area (Å²) in [5, 5.41) is 8.46. The topological polar surface area (TPSA) is 57.0 Å². The van der Waals surface area contributed by atoms with Gasteiger partial charge in [-0.2, -0.15) is 9.65 Å². The van der Waals surface area contributed by atoms with Crippen LogP contribution in [-0.2, 0) is 0 Å². The van der Waals surface area contributed by atoms with Crippen LogP contribution in [0.1, 0.15) is 17.3 Å². The Morgan fingerprint density at radius 3 is 2.88 bits per heavy atom. The van der Waals surface area contributed by atoms with Crippen LogP contribution in [0.3, 0.4) is 0 Å². The van der Waals surface area contributed by atoms with Gasteiger partial charge >= 0.3 is 0 Å². The molecule has 0 aliphatic rings. The summed E-state index contributed by atoms with van der Waals surface area (Å²) >= 11 is 0. The molecule has 0 radical (unpaired) electrons. The van der Waals surface area contributed by atoms with Gasteiger partial charge in [-0.1, -0.05) is 0 Å². The summed E-state index contributed by atoms with van der Waals surface area (Å²) in [5.41, 5.74) is -0.412. The van der Waals surface area contributed by atoms with Gasteiger partial charge in [-0.05, 0) is 13.0 Å². The average Bonchev–Trinajstić information content (AvgIpc) is 2.29. The van der Waals surface area contributed by atoms with E-state index in [-0.39, 0.29) is 13.1 Å². The van der Waals surface area contributed by atoms with Crippen LogP contribution in [0.25, 0.3) is 0 Å². The molecular formula is C10H9F2N3O. The Hall–Kier alpha value is -2.03. The molecule has 84 valence electrons. The zero-order valence-corrected chi connectivity index (χ0v) is 8.57. The number of rotatable bonds is 3. The summed E-state index contributed by atoms with van der Waals surface area (Å²) in [6.07, 6.45) is 1.01. The molecule has 1 heterocycles. The molecule has 0 saturated carbocycles. The Bertz CT molecular complexity index is 442. The van der Waals surface area contributed by atoms with Gasteiger partial charge in [0.15, 0.2) is 5.82 Å². The fourth-order valence-electron chi connectivity index (χ4n) is 1.17. The van der Waals surface area contributed by atoms with Gasteiger partial charge in [-0.25, -0.2) is 9.37 Å². The van der Waals surface area contributed by atoms with E-state index >= 15 is 0 Å². The van der Waals surface area contributed by atoms with Crippen molar-refractivity contribution in [1.82, 2.24) is 9.88 Å². The van der Waals surface area contributed by atoms with Crippen molar-refractivity contribution in [3.8, 4) is 6.07 Å². The van der Waals surface area contributed by atoms with Crippen molar-refractivity contribution < 1.29 is 13.6 Å². The predicted octanol–water partition coefficient (Wildman–Crippen LogP) is 1.35. The van der Waals surface area contributed by atoms with Gasteiger partial charge < -0.3 is 4.90 Å². The van der Waals surface area contributed by atoms with Crippen LogP contribution < -0.4 is 0 Å². The van der Waals surface area contributed by atoms with Crippen LogP contribution in [0.4, 0.5) is 8.78 Å². The van der Waals surface area contributed by atoms with Gasteiger partial charge in [0, 0.05) is 12.7 Å². The minimum Gasteiger partial charge on any atom is -0.326 e. The van der Waals surface area contributed by atoms with Crippen LogP contribution in [0, 0.1) is 23.1 Å². The third-order valence-corrected chi connectivity index (χ3v) is 2.01. The molecule has 0 N–H and O–H groups in total. The molecule has 1 aromatic heterocycles. The van der Waals surface area contributed by atoms with Crippen LogP contribution in [-0.4, -0.2) is 28.9 Å². The molecule has 0 aromatic carbocycles. The summed E-state index contributed by atoms with van der Waals surface area (Å²) in [5.74, 6) is -3.33. The van der Waals surface area contributed by atoms with Crippen LogP contribution in [0.2, 0.25) is 0 Å². The van der Waals surface area contributed by atoms with Gasteiger partial charge in [-0.3, -0.25) is 4.79 Å². The number of hydrogen-bond donors (Lipinski definition) is 0. The molecule has 4 nitrogen and oxygen atoms in total. The lowest BCUT2D eigenvalue weighted by molar-refractivity contribution is 0.0778. The van der Waals surface area contributed by atoms with E-state index in [1.807, 2.05) is 0 Å². The second-order valence-corrected chi connectivity index (χ2v) is 2.94. The van der Waals surface area contributed by atoms with Crippen molar-refractivity contribution in [3.05, 3.63) is 29.6 Å². The summed E-state index contributed by atoms with van der Waals surface area (Å²) in [6, 6.07) is 2.86. The molecule has 0 fully saturated rings. The highest BCUT2D eigenvalue weighted by atomic mass is 19.2. The molecule has 0 saturated heterocycles. The highest BCUT2D eigenvalue weighted by Crippen LogP contribution is 2.11. The van der Waals surface area contributed by atoms with E-state index in [2.05, 4.69) is 4.98 Å². The fraction of sp³-hybridized carbons (Fsp3) is 0.300. The second-order valence-electron chi connectivity index (χ2n) is 2.94. The summed E-state index contributed by atoms with van der Waals surface area (Å²) in [4.78, 5) is 15.9. The Morgan fingerprint density at radius 2 is 2.31 bits per heavy atom. The van der Waals surface area contributed by atoms with E-state index in [9.17, 15) is 13.6 Å². The second kappa shape index (κ2) is 5.16. The summed E-state index contributed by atoms with van der Waals surface area (Å²) in [7, 11) is 0. The zero-order chi connectivity index (χ0) is 12.1. The monoisotopic (exact) mass is 225 g/mol. The van der Waals surface area contributed by atoms with E-state index in [0.717, 1.165) is 17.2 Å². The van der Waals surface area contributed by atoms with Crippen LogP contribution in [0.5, 0.6) is 0 Å². The Morgan fingerprint density at radius 1 is 1.62 bits per heavy atom. The number of amides is 1. The predicted molar refractivity (Wildman–Crippen MR) is 51.3 cm³/mol. The number of carbonyl (C=O) groups is 1. The molecule has 0 unspecified atom stereocenters. The largest absolute Gasteiger partial charge is 0.326 e. The maximum atomic E-state index is 13.2. The van der Waals surface area contributed by atoms with Crippen molar-refractivity contribution in [3.63, 3.8) is 0 Å². The average molecular weight is 225 g/mol. The number of carbonyl (C=O) groups excluding carboxylic acids is 1. The first-order valence-corrected chi connectivity index (χ1v) is 4.58. The Balaban J connectivity index is 3.05. The molecule has 1 amide bonds. The van der Waals surface area contributed by atoms with Crippen molar-refractivity contribution in [2.24, 2.45) is 0 Å². The van der Waals surface area contributed by atoms with E-state index in [4.69, 9.17) is 5.26 Å². The normalized spacial score (nSPS) is 9.62. The number of aromatic nitrogens is 1. The first-order chi connectivity index (χ1) is 7.61. The third kappa shape index (κ3) is 2.31. The van der Waals surface area contributed by atoms with Gasteiger partial charge in [-0.15, -0.1) is 0 Å². The SMILES string of the molecule is CCN(CC#N)C(=O)c1ccnc(F)c1F. The van der Waals surface area contributed by atoms with Gasteiger partial charge in [0.05, 0.1) is 11.6 Å². The molecule has 0 aliphatic carbocycles. The lowest BCUT2D eigenvalue weighted by Crippen LogP contribution is -2.32. The van der Waals surface area contributed by atoms with E-state index in [1.165, 1.54) is 0 Å². The number of halogens is 2. The Labute approximate surface area is 91.1 Å². The summed E-state index contributed by atoms with van der Waals surface area (Å²) in [6.45, 7) is 1.72. The van der Waals surface area contributed by atoms with Gasteiger partial charge in [0.2, 0.25) is 5.95 Å². The van der Waals surface area contributed by atoms with Crippen LogP contribution in [0.15, 0.2) is 12.3 Å². The minimum absolute atomic E-state index is 0.168. The molecule has 0 bridgehead atoms. The minimum atomic E-state index is -1.32. The molecular weight excluding hydrogens is 216 g/mol. The van der Waals surface area contributed by atoms with Crippen molar-refractivity contribution in [2.45, 2.75) is 6.92 Å². The zero-order valence-electron chi connectivity index (χ0n) is 8.57. The van der Waals surface area contributed by atoms with Gasteiger partial charge in [0.25, 0.3) is 5.91 Å². The highest BCUT2D eigenvalue weighted by molar-refractivity contribution is 5.94. The fourth-order valence-corrected chi connectivity index (χ4v) is 1.17. The van der Waals surface area contributed by atoms with E-state index in [0.29, 0.717) is 0 Å². The number of pyridine rings is 1. The first kappa shape index (κ1) is 12.0. The standard InChI is InChI=1S/C10H9F2N3O/c1-2-15(6-4-13)10(16)7-3-5-14-9(12)8(7)11/h3,5H,2,6H2,1H3. The maximum Gasteiger partial charge on any atom is 0.257 e. The molecule has 0 aliphatic heterocycles. The molecule has 6 heteroatoms. The third-order valence-electron chi connectivity index (χ3n) is 2.01. The van der Waals surface area contributed by atoms with Crippen molar-refractivity contribution >= 4 is 5.91 Å². The Kier molecular flexibility index (Phi) is 3.89. The number of nitrogens with zero attached hydrogens (tertiary/aromatic N) is 3. The number of hydrogen-bond acceptors (Lipinski definition) is 3.